The molecule has 52 heavy (non-hydrogen) atoms. The molecule has 3 N–H and O–H groups in total. The highest BCUT2D eigenvalue weighted by Crippen LogP contribution is 2.26. The van der Waals surface area contributed by atoms with Crippen LogP contribution in [0.3, 0.4) is 0 Å². The lowest BCUT2D eigenvalue weighted by Crippen LogP contribution is -2.52. The third-order valence-electron chi connectivity index (χ3n) is 9.47. The van der Waals surface area contributed by atoms with Gasteiger partial charge in [0.05, 0.1) is 12.7 Å². The molecular weight excluding hydrogens is 656 g/mol. The predicted molar refractivity (Wildman–Crippen MR) is 201 cm³/mol. The van der Waals surface area contributed by atoms with E-state index in [1.54, 1.807) is 24.5 Å². The molecule has 5 rings (SSSR count). The van der Waals surface area contributed by atoms with Crippen molar-refractivity contribution in [3.8, 4) is 28.3 Å². The van der Waals surface area contributed by atoms with Crippen molar-refractivity contribution >= 4 is 17.8 Å². The second-order valence-electron chi connectivity index (χ2n) is 14.6. The topological polar surface area (TPSA) is 142 Å². The molecule has 3 atom stereocenters. The largest absolute Gasteiger partial charge is 0.494 e. The number of aliphatic hydroxyl groups is 1. The number of rotatable bonds is 15. The molecule has 0 saturated carbocycles. The molecule has 0 aliphatic carbocycles. The highest BCUT2D eigenvalue weighted by molar-refractivity contribution is 5.98. The Morgan fingerprint density at radius 3 is 2.12 bits per heavy atom. The zero-order valence-electron chi connectivity index (χ0n) is 30.5. The number of β-amino-alcohol motifs (C(OH)–C–C–N with tert-alkyl or cyclic N) is 1. The fourth-order valence-electron chi connectivity index (χ4n) is 6.35. The molecular formula is C42H50N4O6. The van der Waals surface area contributed by atoms with Crippen LogP contribution in [0.5, 0.6) is 5.75 Å². The molecule has 10 nitrogen and oxygen atoms in total. The Balaban J connectivity index is 1.26. The number of nitrogens with one attached hydrogen (secondary N) is 1. The van der Waals surface area contributed by atoms with Gasteiger partial charge in [0.2, 0.25) is 5.91 Å². The van der Waals surface area contributed by atoms with E-state index < -0.39 is 36.0 Å². The fraction of sp³-hybridized carbons (Fsp3) is 0.405. The van der Waals surface area contributed by atoms with Crippen LogP contribution in [0.1, 0.15) is 87.7 Å². The second kappa shape index (κ2) is 17.4. The number of benzene rings is 3. The van der Waals surface area contributed by atoms with Crippen molar-refractivity contribution in [2.24, 2.45) is 0 Å². The maximum atomic E-state index is 13.8. The SMILES string of the molecule is CCCCCCCOc1ccc(-c2cnc(-c3ccc(C[C@H](NC(=O)c4ccc(C(C)(C)C)cc4)C(=O)N4C[C@H](O)CC4C(=O)O)cc3)nc2)cc1. The maximum Gasteiger partial charge on any atom is 0.326 e. The van der Waals surface area contributed by atoms with E-state index in [4.69, 9.17) is 4.74 Å². The van der Waals surface area contributed by atoms with Gasteiger partial charge in [-0.15, -0.1) is 0 Å². The minimum absolute atomic E-state index is 0.0670. The standard InChI is InChI=1S/C42H50N4O6/c1-5-6-7-8-9-22-52-35-20-16-29(17-21-35)32-25-43-38(44-26-32)30-12-10-28(11-13-30)23-36(40(49)46-27-34(47)24-37(46)41(50)51)45-39(48)31-14-18-33(19-15-31)42(2,3)4/h10-21,25-26,34,36-37,47H,5-9,22-24,27H2,1-4H3,(H,45,48)(H,50,51)/t34-,36+,37?/m1/s1. The third kappa shape index (κ3) is 10.0. The molecule has 2 heterocycles. The summed E-state index contributed by atoms with van der Waals surface area (Å²) in [6.07, 6.45) is 8.62. The highest BCUT2D eigenvalue weighted by Gasteiger charge is 2.41. The minimum atomic E-state index is -1.20. The summed E-state index contributed by atoms with van der Waals surface area (Å²) in [7, 11) is 0. The third-order valence-corrected chi connectivity index (χ3v) is 9.47. The molecule has 1 unspecified atom stereocenters. The van der Waals surface area contributed by atoms with E-state index >= 15 is 0 Å². The van der Waals surface area contributed by atoms with E-state index in [0.717, 1.165) is 44.9 Å². The van der Waals surface area contributed by atoms with Crippen molar-refractivity contribution in [2.45, 2.75) is 96.2 Å². The molecule has 1 fully saturated rings. The summed E-state index contributed by atoms with van der Waals surface area (Å²) < 4.78 is 5.89. The summed E-state index contributed by atoms with van der Waals surface area (Å²) in [5.74, 6) is -0.829. The van der Waals surface area contributed by atoms with E-state index in [1.807, 2.05) is 60.7 Å². The Hall–Kier alpha value is -5.09. The number of amides is 2. The lowest BCUT2D eigenvalue weighted by atomic mass is 9.86. The first-order valence-corrected chi connectivity index (χ1v) is 18.2. The number of carboxylic acids is 1. The van der Waals surface area contributed by atoms with Gasteiger partial charge in [0.25, 0.3) is 5.91 Å². The minimum Gasteiger partial charge on any atom is -0.494 e. The zero-order chi connectivity index (χ0) is 37.3. The summed E-state index contributed by atoms with van der Waals surface area (Å²) in [6, 6.07) is 20.3. The van der Waals surface area contributed by atoms with Gasteiger partial charge >= 0.3 is 5.97 Å². The Morgan fingerprint density at radius 2 is 1.50 bits per heavy atom. The number of unbranched alkanes of at least 4 members (excludes halogenated alkanes) is 4. The van der Waals surface area contributed by atoms with Crippen LogP contribution in [-0.4, -0.2) is 74.2 Å². The summed E-state index contributed by atoms with van der Waals surface area (Å²) >= 11 is 0. The molecule has 1 aliphatic heterocycles. The van der Waals surface area contributed by atoms with E-state index in [-0.39, 0.29) is 24.8 Å². The van der Waals surface area contributed by atoms with Gasteiger partial charge in [-0.05, 0) is 52.8 Å². The number of nitrogens with zero attached hydrogens (tertiary/aromatic N) is 3. The maximum absolute atomic E-state index is 13.8. The van der Waals surface area contributed by atoms with Gasteiger partial charge in [-0.3, -0.25) is 9.59 Å². The first kappa shape index (κ1) is 38.1. The van der Waals surface area contributed by atoms with Crippen LogP contribution in [0, 0.1) is 0 Å². The van der Waals surface area contributed by atoms with Crippen LogP contribution in [0.15, 0.2) is 85.2 Å². The molecule has 3 aromatic carbocycles. The van der Waals surface area contributed by atoms with Crippen LogP contribution in [-0.2, 0) is 21.4 Å². The van der Waals surface area contributed by atoms with Crippen LogP contribution in [0.4, 0.5) is 0 Å². The smallest absolute Gasteiger partial charge is 0.326 e. The molecule has 0 spiro atoms. The lowest BCUT2D eigenvalue weighted by molar-refractivity contribution is -0.148. The number of likely N-dealkylation sites (tertiary alicyclic amines) is 1. The van der Waals surface area contributed by atoms with E-state index in [2.05, 4.69) is 43.0 Å². The monoisotopic (exact) mass is 706 g/mol. The quantitative estimate of drug-likeness (QED) is 0.114. The molecule has 10 heteroatoms. The molecule has 4 aromatic rings. The average molecular weight is 707 g/mol. The van der Waals surface area contributed by atoms with Crippen molar-refractivity contribution < 1.29 is 29.3 Å². The number of aliphatic carboxylic acids is 1. The summed E-state index contributed by atoms with van der Waals surface area (Å²) in [4.78, 5) is 49.5. The first-order chi connectivity index (χ1) is 24.9. The Morgan fingerprint density at radius 1 is 0.865 bits per heavy atom. The first-order valence-electron chi connectivity index (χ1n) is 18.2. The number of hydrogen-bond donors (Lipinski definition) is 3. The summed E-state index contributed by atoms with van der Waals surface area (Å²) in [5, 5.41) is 22.8. The van der Waals surface area contributed by atoms with Gasteiger partial charge in [0, 0.05) is 48.5 Å². The zero-order valence-corrected chi connectivity index (χ0v) is 30.5. The van der Waals surface area contributed by atoms with Crippen molar-refractivity contribution in [1.29, 1.82) is 0 Å². The van der Waals surface area contributed by atoms with Crippen molar-refractivity contribution in [1.82, 2.24) is 20.2 Å². The van der Waals surface area contributed by atoms with E-state index in [9.17, 15) is 24.6 Å². The average Bonchev–Trinajstić information content (AvgIpc) is 3.55. The van der Waals surface area contributed by atoms with Crippen LogP contribution in [0.25, 0.3) is 22.5 Å². The van der Waals surface area contributed by atoms with Crippen molar-refractivity contribution in [3.05, 3.63) is 102 Å². The molecule has 2 amide bonds. The second-order valence-corrected chi connectivity index (χ2v) is 14.6. The summed E-state index contributed by atoms with van der Waals surface area (Å²) in [6.45, 7) is 9.05. The summed E-state index contributed by atoms with van der Waals surface area (Å²) in [5.41, 5.74) is 4.74. The lowest BCUT2D eigenvalue weighted by Gasteiger charge is -2.27. The van der Waals surface area contributed by atoms with Gasteiger partial charge in [-0.25, -0.2) is 14.8 Å². The van der Waals surface area contributed by atoms with Crippen LogP contribution in [0.2, 0.25) is 0 Å². The normalized spacial score (nSPS) is 16.4. The van der Waals surface area contributed by atoms with Gasteiger partial charge in [0.1, 0.15) is 17.8 Å². The highest BCUT2D eigenvalue weighted by atomic mass is 16.5. The van der Waals surface area contributed by atoms with Crippen molar-refractivity contribution in [2.75, 3.05) is 13.2 Å². The van der Waals surface area contributed by atoms with Crippen molar-refractivity contribution in [3.63, 3.8) is 0 Å². The number of carbonyl (C=O) groups is 3. The van der Waals surface area contributed by atoms with Crippen LogP contribution < -0.4 is 10.1 Å². The van der Waals surface area contributed by atoms with Gasteiger partial charge < -0.3 is 25.2 Å². The molecule has 0 radical (unpaired) electrons. The number of aromatic nitrogens is 2. The number of carbonyl (C=O) groups excluding carboxylic acids is 2. The molecule has 0 bridgehead atoms. The Kier molecular flexibility index (Phi) is 12.8. The fourth-order valence-corrected chi connectivity index (χ4v) is 6.35. The van der Waals surface area contributed by atoms with E-state index in [1.165, 1.54) is 25.7 Å². The van der Waals surface area contributed by atoms with Gasteiger partial charge in [0.15, 0.2) is 5.82 Å². The number of ether oxygens (including phenoxy) is 1. The number of carboxylic acid groups (broad SMARTS) is 1. The van der Waals surface area contributed by atoms with E-state index in [0.29, 0.717) is 18.0 Å². The van der Waals surface area contributed by atoms with Gasteiger partial charge in [-0.2, -0.15) is 0 Å². The molecule has 274 valence electrons. The molecule has 1 aliphatic rings. The van der Waals surface area contributed by atoms with Crippen LogP contribution >= 0.6 is 0 Å². The number of hydrogen-bond acceptors (Lipinski definition) is 7. The number of aliphatic hydroxyl groups excluding tert-OH is 1. The Bertz CT molecular complexity index is 1790. The molecule has 1 aromatic heterocycles. The Labute approximate surface area is 306 Å². The predicted octanol–water partition coefficient (Wildman–Crippen LogP) is 6.84. The van der Waals surface area contributed by atoms with Gasteiger partial charge in [-0.1, -0.05) is 102 Å². The molecule has 1 saturated heterocycles.